The largest absolute Gasteiger partial charge is 0.486 e. The third-order valence-electron chi connectivity index (χ3n) is 7.65. The van der Waals surface area contributed by atoms with E-state index in [0.29, 0.717) is 55.3 Å². The first-order valence-electron chi connectivity index (χ1n) is 14.3. The first-order chi connectivity index (χ1) is 20.0. The summed E-state index contributed by atoms with van der Waals surface area (Å²) in [4.78, 5) is 25.9. The minimum Gasteiger partial charge on any atom is -0.486 e. The monoisotopic (exact) mass is 598 g/mol. The Morgan fingerprint density at radius 2 is 2.12 bits per heavy atom. The summed E-state index contributed by atoms with van der Waals surface area (Å²) in [6.45, 7) is 3.75. The Morgan fingerprint density at radius 1 is 1.26 bits per heavy atom. The SMILES string of the molecule is COCCN(C)c1cc(C(=O)NC[C@H](O)CN2CCc3cc(OCc4cnco4)ccc3C2)cc(NC2CCC2)n1.S. The van der Waals surface area contributed by atoms with Crippen LogP contribution in [0.3, 0.4) is 0 Å². The lowest BCUT2D eigenvalue weighted by Gasteiger charge is -2.30. The van der Waals surface area contributed by atoms with Crippen LogP contribution in [-0.2, 0) is 24.3 Å². The molecule has 0 bridgehead atoms. The number of aliphatic hydroxyl groups is 1. The number of carbonyl (C=O) groups is 1. The molecule has 0 saturated heterocycles. The third-order valence-corrected chi connectivity index (χ3v) is 7.65. The molecular formula is C30H42N6O5S. The summed E-state index contributed by atoms with van der Waals surface area (Å²) in [6, 6.07) is 10.1. The summed E-state index contributed by atoms with van der Waals surface area (Å²) in [5.74, 6) is 2.65. The first kappa shape index (κ1) is 31.6. The smallest absolute Gasteiger partial charge is 0.251 e. The van der Waals surface area contributed by atoms with Gasteiger partial charge in [0.05, 0.1) is 18.9 Å². The van der Waals surface area contributed by atoms with Crippen molar-refractivity contribution in [2.24, 2.45) is 0 Å². The summed E-state index contributed by atoms with van der Waals surface area (Å²) < 4.78 is 16.3. The van der Waals surface area contributed by atoms with Crippen LogP contribution in [0.4, 0.5) is 11.6 Å². The number of amides is 1. The van der Waals surface area contributed by atoms with Gasteiger partial charge in [-0.3, -0.25) is 9.69 Å². The fourth-order valence-corrected chi connectivity index (χ4v) is 5.00. The normalized spacial score (nSPS) is 15.6. The van der Waals surface area contributed by atoms with Gasteiger partial charge in [-0.2, -0.15) is 13.5 Å². The Morgan fingerprint density at radius 3 is 2.86 bits per heavy atom. The summed E-state index contributed by atoms with van der Waals surface area (Å²) in [7, 11) is 3.60. The van der Waals surface area contributed by atoms with Gasteiger partial charge in [0.15, 0.2) is 12.2 Å². The van der Waals surface area contributed by atoms with E-state index in [1.165, 1.54) is 23.9 Å². The molecule has 1 atom stereocenters. The van der Waals surface area contributed by atoms with E-state index in [-0.39, 0.29) is 25.9 Å². The highest BCUT2D eigenvalue weighted by Gasteiger charge is 2.22. The molecule has 12 heteroatoms. The number of oxazole rings is 1. The van der Waals surface area contributed by atoms with Gasteiger partial charge in [0.2, 0.25) is 0 Å². The van der Waals surface area contributed by atoms with E-state index in [0.717, 1.165) is 38.1 Å². The lowest BCUT2D eigenvalue weighted by Crippen LogP contribution is -2.42. The fraction of sp³-hybridized carbons (Fsp3) is 0.500. The van der Waals surface area contributed by atoms with E-state index in [9.17, 15) is 9.90 Å². The van der Waals surface area contributed by atoms with Crippen molar-refractivity contribution < 1.29 is 23.8 Å². The molecular weight excluding hydrogens is 556 g/mol. The van der Waals surface area contributed by atoms with Crippen molar-refractivity contribution in [1.82, 2.24) is 20.2 Å². The zero-order valence-electron chi connectivity index (χ0n) is 24.3. The third kappa shape index (κ3) is 8.60. The number of benzene rings is 1. The van der Waals surface area contributed by atoms with Gasteiger partial charge in [-0.05, 0) is 61.1 Å². The van der Waals surface area contributed by atoms with Crippen molar-refractivity contribution in [3.8, 4) is 5.75 Å². The predicted molar refractivity (Wildman–Crippen MR) is 166 cm³/mol. The molecule has 0 radical (unpaired) electrons. The molecule has 0 unspecified atom stereocenters. The summed E-state index contributed by atoms with van der Waals surface area (Å²) in [6.07, 6.45) is 6.64. The Hall–Kier alpha value is -3.32. The number of nitrogens with one attached hydrogen (secondary N) is 2. The van der Waals surface area contributed by atoms with Crippen LogP contribution in [0, 0.1) is 0 Å². The number of anilines is 2. The second kappa shape index (κ2) is 15.2. The van der Waals surface area contributed by atoms with Crippen LogP contribution in [0.15, 0.2) is 47.3 Å². The molecule has 5 rings (SSSR count). The lowest BCUT2D eigenvalue weighted by atomic mass is 9.93. The number of likely N-dealkylation sites (N-methyl/N-ethyl adjacent to an activating group) is 1. The molecule has 1 aliphatic carbocycles. The van der Waals surface area contributed by atoms with E-state index >= 15 is 0 Å². The van der Waals surface area contributed by atoms with E-state index in [4.69, 9.17) is 18.9 Å². The maximum Gasteiger partial charge on any atom is 0.251 e. The van der Waals surface area contributed by atoms with Gasteiger partial charge >= 0.3 is 0 Å². The molecule has 1 aromatic carbocycles. The Labute approximate surface area is 254 Å². The minimum atomic E-state index is -0.691. The standard InChI is InChI=1S/C30H40N6O5.H2S/c1-35(10-11-39-2)29-14-23(13-28(34-29)33-24-4-3-5-24)30(38)32-15-25(37)18-36-9-8-21-12-26(7-6-22(21)17-36)40-19-27-16-31-20-41-27;/h6-7,12-14,16,20,24-25,37H,3-5,8-11,15,17-19H2,1-2H3,(H,32,38)(H,33,34);1H2/t25-;/m0./s1. The van der Waals surface area contributed by atoms with Gasteiger partial charge in [-0.25, -0.2) is 9.97 Å². The van der Waals surface area contributed by atoms with Gasteiger partial charge in [0.1, 0.15) is 24.0 Å². The zero-order valence-corrected chi connectivity index (χ0v) is 25.3. The Bertz CT molecular complexity index is 1290. The summed E-state index contributed by atoms with van der Waals surface area (Å²) in [5, 5.41) is 17.1. The molecule has 3 aromatic rings. The van der Waals surface area contributed by atoms with Crippen LogP contribution in [0.1, 0.15) is 46.5 Å². The topological polar surface area (TPSA) is 125 Å². The summed E-state index contributed by atoms with van der Waals surface area (Å²) in [5.41, 5.74) is 2.98. The number of aromatic nitrogens is 2. The molecule has 3 heterocycles. The molecule has 1 amide bonds. The number of carbonyl (C=O) groups excluding carboxylic acids is 1. The number of methoxy groups -OCH3 is 1. The maximum absolute atomic E-state index is 13.1. The molecule has 228 valence electrons. The van der Waals surface area contributed by atoms with Crippen LogP contribution in [0.5, 0.6) is 5.75 Å². The highest BCUT2D eigenvalue weighted by Crippen LogP contribution is 2.26. The molecule has 1 fully saturated rings. The van der Waals surface area contributed by atoms with Gasteiger partial charge in [0, 0.05) is 58.5 Å². The second-order valence-corrected chi connectivity index (χ2v) is 10.8. The number of nitrogens with zero attached hydrogens (tertiary/aromatic N) is 4. The van der Waals surface area contributed by atoms with Crippen LogP contribution >= 0.6 is 13.5 Å². The van der Waals surface area contributed by atoms with E-state index in [2.05, 4.69) is 32.7 Å². The number of β-amino-alcohol motifs (C(OH)–C–C–N with tert-alkyl or cyclic N) is 1. The van der Waals surface area contributed by atoms with Crippen LogP contribution in [-0.4, -0.2) is 85.0 Å². The van der Waals surface area contributed by atoms with Gasteiger partial charge in [-0.1, -0.05) is 6.07 Å². The maximum atomic E-state index is 13.1. The van der Waals surface area contributed by atoms with Gasteiger partial charge in [0.25, 0.3) is 5.91 Å². The number of hydrogen-bond acceptors (Lipinski definition) is 10. The number of pyridine rings is 1. The zero-order chi connectivity index (χ0) is 28.6. The van der Waals surface area contributed by atoms with Crippen molar-refractivity contribution >= 4 is 31.0 Å². The van der Waals surface area contributed by atoms with Gasteiger partial charge in [-0.15, -0.1) is 0 Å². The molecule has 2 aromatic heterocycles. The summed E-state index contributed by atoms with van der Waals surface area (Å²) >= 11 is 0. The molecule has 1 saturated carbocycles. The Kier molecular flexibility index (Phi) is 11.5. The minimum absolute atomic E-state index is 0. The number of rotatable bonds is 14. The van der Waals surface area contributed by atoms with E-state index in [1.54, 1.807) is 25.4 Å². The van der Waals surface area contributed by atoms with E-state index < -0.39 is 6.10 Å². The fourth-order valence-electron chi connectivity index (χ4n) is 5.00. The molecule has 1 aliphatic heterocycles. The number of fused-ring (bicyclic) bond motifs is 1. The van der Waals surface area contributed by atoms with Crippen LogP contribution in [0.2, 0.25) is 0 Å². The second-order valence-electron chi connectivity index (χ2n) is 10.8. The number of ether oxygens (including phenoxy) is 2. The Balaban J connectivity index is 0.00000405. The van der Waals surface area contributed by atoms with Crippen molar-refractivity contribution in [3.05, 3.63) is 65.4 Å². The van der Waals surface area contributed by atoms with Crippen molar-refractivity contribution in [2.45, 2.75) is 51.0 Å². The van der Waals surface area contributed by atoms with Crippen LogP contribution < -0.4 is 20.3 Å². The average molecular weight is 599 g/mol. The molecule has 0 spiro atoms. The number of hydrogen-bond donors (Lipinski definition) is 3. The first-order valence-corrected chi connectivity index (χ1v) is 14.3. The number of aliphatic hydroxyl groups excluding tert-OH is 1. The highest BCUT2D eigenvalue weighted by atomic mass is 32.1. The molecule has 42 heavy (non-hydrogen) atoms. The van der Waals surface area contributed by atoms with E-state index in [1.807, 2.05) is 18.0 Å². The molecule has 2 aliphatic rings. The predicted octanol–water partition coefficient (Wildman–Crippen LogP) is 2.96. The quantitative estimate of drug-likeness (QED) is 0.255. The average Bonchev–Trinajstić information content (AvgIpc) is 3.49. The molecule has 3 N–H and O–H groups in total. The van der Waals surface area contributed by atoms with Crippen molar-refractivity contribution in [3.63, 3.8) is 0 Å². The van der Waals surface area contributed by atoms with Gasteiger partial charge < -0.3 is 34.5 Å². The van der Waals surface area contributed by atoms with Crippen LogP contribution in [0.25, 0.3) is 0 Å². The molecule has 11 nitrogen and oxygen atoms in total. The lowest BCUT2D eigenvalue weighted by molar-refractivity contribution is 0.0841. The highest BCUT2D eigenvalue weighted by molar-refractivity contribution is 7.59. The van der Waals surface area contributed by atoms with Crippen molar-refractivity contribution in [2.75, 3.05) is 57.2 Å². The van der Waals surface area contributed by atoms with Crippen molar-refractivity contribution in [1.29, 1.82) is 0 Å².